The molecule has 0 aliphatic carbocycles. The minimum absolute atomic E-state index is 0.225. The van der Waals surface area contributed by atoms with Gasteiger partial charge in [0.1, 0.15) is 5.25 Å². The minimum Gasteiger partial charge on any atom is -0.480 e. The van der Waals surface area contributed by atoms with Crippen molar-refractivity contribution in [1.82, 2.24) is 10.3 Å². The molecular weight excluding hydrogens is 332 g/mol. The minimum atomic E-state index is -0.903. The fourth-order valence-electron chi connectivity index (χ4n) is 1.86. The lowest BCUT2D eigenvalue weighted by Crippen LogP contribution is -2.24. The molecule has 7 heteroatoms. The molecule has 122 valence electrons. The summed E-state index contributed by atoms with van der Waals surface area (Å²) in [5.74, 6) is -1.13. The molecule has 1 aromatic heterocycles. The van der Waals surface area contributed by atoms with E-state index in [1.54, 1.807) is 42.5 Å². The highest BCUT2D eigenvalue weighted by Crippen LogP contribution is 2.27. The molecule has 0 saturated heterocycles. The second kappa shape index (κ2) is 8.12. The number of thiazole rings is 1. The van der Waals surface area contributed by atoms with Gasteiger partial charge in [0.15, 0.2) is 0 Å². The van der Waals surface area contributed by atoms with Gasteiger partial charge in [0.05, 0.1) is 22.8 Å². The molecule has 2 rings (SSSR count). The number of benzene rings is 1. The summed E-state index contributed by atoms with van der Waals surface area (Å²) in [5.41, 5.74) is 1.32. The number of thioether (sulfide) groups is 1. The number of carbonyl (C=O) groups excluding carboxylic acids is 1. The average Bonchev–Trinajstić information content (AvgIpc) is 3.01. The van der Waals surface area contributed by atoms with Gasteiger partial charge in [0, 0.05) is 10.3 Å². The molecule has 0 aliphatic rings. The molecule has 0 spiro atoms. The van der Waals surface area contributed by atoms with Crippen molar-refractivity contribution in [3.63, 3.8) is 0 Å². The maximum Gasteiger partial charge on any atom is 0.316 e. The van der Waals surface area contributed by atoms with E-state index in [9.17, 15) is 9.59 Å². The average molecular weight is 350 g/mol. The van der Waals surface area contributed by atoms with Crippen LogP contribution in [0.2, 0.25) is 0 Å². The van der Waals surface area contributed by atoms with Crippen LogP contribution in [0.25, 0.3) is 0 Å². The highest BCUT2D eigenvalue weighted by molar-refractivity contribution is 8.00. The van der Waals surface area contributed by atoms with E-state index in [0.29, 0.717) is 17.0 Å². The molecule has 0 aliphatic heterocycles. The zero-order valence-electron chi connectivity index (χ0n) is 12.9. The number of carboxylic acids is 1. The Kier molecular flexibility index (Phi) is 6.18. The van der Waals surface area contributed by atoms with Gasteiger partial charge in [-0.1, -0.05) is 19.1 Å². The second-order valence-corrected chi connectivity index (χ2v) is 7.19. The first-order valence-electron chi connectivity index (χ1n) is 7.21. The van der Waals surface area contributed by atoms with E-state index in [0.717, 1.165) is 28.9 Å². The molecule has 2 N–H and O–H groups in total. The summed E-state index contributed by atoms with van der Waals surface area (Å²) in [6.07, 6.45) is 0.880. The summed E-state index contributed by atoms with van der Waals surface area (Å²) in [6, 6.07) is 7.02. The van der Waals surface area contributed by atoms with Crippen LogP contribution in [0.15, 0.2) is 34.5 Å². The van der Waals surface area contributed by atoms with Gasteiger partial charge in [-0.2, -0.15) is 0 Å². The number of rotatable bonds is 7. The predicted molar refractivity (Wildman–Crippen MR) is 92.1 cm³/mol. The van der Waals surface area contributed by atoms with E-state index in [2.05, 4.69) is 10.3 Å². The molecule has 1 atom stereocenters. The first-order chi connectivity index (χ1) is 11.0. The number of amides is 1. The number of aryl methyl sites for hydroxylation is 1. The second-order valence-electron chi connectivity index (χ2n) is 4.86. The molecule has 0 bridgehead atoms. The molecule has 0 fully saturated rings. The van der Waals surface area contributed by atoms with Crippen molar-refractivity contribution in [2.24, 2.45) is 0 Å². The Bertz CT molecular complexity index is 700. The topological polar surface area (TPSA) is 79.3 Å². The molecule has 1 amide bonds. The van der Waals surface area contributed by atoms with Gasteiger partial charge in [-0.15, -0.1) is 23.1 Å². The van der Waals surface area contributed by atoms with E-state index in [1.165, 1.54) is 0 Å². The number of nitrogens with zero attached hydrogens (tertiary/aromatic N) is 1. The van der Waals surface area contributed by atoms with E-state index in [4.69, 9.17) is 5.11 Å². The molecule has 0 radical (unpaired) electrons. The molecule has 1 aromatic carbocycles. The van der Waals surface area contributed by atoms with Crippen LogP contribution < -0.4 is 5.32 Å². The SMILES string of the molecule is CCc1nc(CNC(=O)c2ccccc2SC(C)C(=O)O)cs1. The number of hydrogen-bond donors (Lipinski definition) is 2. The predicted octanol–water partition coefficient (Wildman–Crippen LogP) is 3.20. The first-order valence-corrected chi connectivity index (χ1v) is 8.97. The maximum atomic E-state index is 12.4. The van der Waals surface area contributed by atoms with E-state index >= 15 is 0 Å². The fourth-order valence-corrected chi connectivity index (χ4v) is 3.53. The molecule has 1 heterocycles. The van der Waals surface area contributed by atoms with Gasteiger partial charge in [-0.3, -0.25) is 9.59 Å². The largest absolute Gasteiger partial charge is 0.480 e. The Morgan fingerprint density at radius 3 is 2.78 bits per heavy atom. The Morgan fingerprint density at radius 2 is 2.13 bits per heavy atom. The lowest BCUT2D eigenvalue weighted by atomic mass is 10.2. The Morgan fingerprint density at radius 1 is 1.39 bits per heavy atom. The number of aliphatic carboxylic acids is 1. The van der Waals surface area contributed by atoms with Crippen molar-refractivity contribution in [3.8, 4) is 0 Å². The van der Waals surface area contributed by atoms with E-state index < -0.39 is 11.2 Å². The summed E-state index contributed by atoms with van der Waals surface area (Å²) < 4.78 is 0. The third-order valence-corrected chi connectivity index (χ3v) is 5.32. The number of nitrogens with one attached hydrogen (secondary N) is 1. The van der Waals surface area contributed by atoms with E-state index in [-0.39, 0.29) is 5.91 Å². The molecule has 2 aromatic rings. The van der Waals surface area contributed by atoms with Crippen molar-refractivity contribution in [2.45, 2.75) is 37.0 Å². The summed E-state index contributed by atoms with van der Waals surface area (Å²) in [5, 5.41) is 14.2. The van der Waals surface area contributed by atoms with Gasteiger partial charge in [0.25, 0.3) is 5.91 Å². The molecule has 23 heavy (non-hydrogen) atoms. The molecule has 1 unspecified atom stereocenters. The number of carboxylic acid groups (broad SMARTS) is 1. The van der Waals surface area contributed by atoms with Crippen LogP contribution in [0.5, 0.6) is 0 Å². The Labute approximate surface area is 143 Å². The van der Waals surface area contributed by atoms with Crippen LogP contribution in [0.1, 0.15) is 34.9 Å². The normalized spacial score (nSPS) is 11.9. The van der Waals surface area contributed by atoms with Crippen LogP contribution in [0.3, 0.4) is 0 Å². The Hall–Kier alpha value is -1.86. The van der Waals surface area contributed by atoms with Crippen LogP contribution in [-0.4, -0.2) is 27.2 Å². The zero-order valence-corrected chi connectivity index (χ0v) is 14.5. The van der Waals surface area contributed by atoms with Crippen molar-refractivity contribution >= 4 is 35.0 Å². The third kappa shape index (κ3) is 4.80. The third-order valence-electron chi connectivity index (χ3n) is 3.12. The van der Waals surface area contributed by atoms with Gasteiger partial charge in [0.2, 0.25) is 0 Å². The van der Waals surface area contributed by atoms with Gasteiger partial charge in [-0.25, -0.2) is 4.98 Å². The van der Waals surface area contributed by atoms with Gasteiger partial charge < -0.3 is 10.4 Å². The smallest absolute Gasteiger partial charge is 0.316 e. The highest BCUT2D eigenvalue weighted by atomic mass is 32.2. The molecule has 5 nitrogen and oxygen atoms in total. The fraction of sp³-hybridized carbons (Fsp3) is 0.312. The highest BCUT2D eigenvalue weighted by Gasteiger charge is 2.17. The maximum absolute atomic E-state index is 12.4. The van der Waals surface area contributed by atoms with Crippen LogP contribution in [0, 0.1) is 0 Å². The summed E-state index contributed by atoms with van der Waals surface area (Å²) in [4.78, 5) is 28.4. The van der Waals surface area contributed by atoms with Gasteiger partial charge in [-0.05, 0) is 25.5 Å². The van der Waals surface area contributed by atoms with Crippen LogP contribution in [-0.2, 0) is 17.8 Å². The van der Waals surface area contributed by atoms with Crippen molar-refractivity contribution in [2.75, 3.05) is 0 Å². The number of carbonyl (C=O) groups is 2. The summed E-state index contributed by atoms with van der Waals surface area (Å²) >= 11 is 2.74. The quantitative estimate of drug-likeness (QED) is 0.750. The summed E-state index contributed by atoms with van der Waals surface area (Å²) in [6.45, 7) is 4.00. The lowest BCUT2D eigenvalue weighted by molar-refractivity contribution is -0.136. The summed E-state index contributed by atoms with van der Waals surface area (Å²) in [7, 11) is 0. The van der Waals surface area contributed by atoms with Crippen molar-refractivity contribution < 1.29 is 14.7 Å². The molecule has 0 saturated carbocycles. The number of hydrogen-bond acceptors (Lipinski definition) is 5. The van der Waals surface area contributed by atoms with E-state index in [1.807, 2.05) is 12.3 Å². The first kappa shape index (κ1) is 17.5. The number of aromatic nitrogens is 1. The zero-order chi connectivity index (χ0) is 16.8. The standard InChI is InChI=1S/C16H18N2O3S2/c1-3-14-18-11(9-22-14)8-17-15(19)12-6-4-5-7-13(12)23-10(2)16(20)21/h4-7,9-10H,3,8H2,1-2H3,(H,17,19)(H,20,21). The van der Waals surface area contributed by atoms with Crippen LogP contribution in [0.4, 0.5) is 0 Å². The Balaban J connectivity index is 2.05. The van der Waals surface area contributed by atoms with Crippen molar-refractivity contribution in [3.05, 3.63) is 45.9 Å². The van der Waals surface area contributed by atoms with Crippen molar-refractivity contribution in [1.29, 1.82) is 0 Å². The van der Waals surface area contributed by atoms with Crippen LogP contribution >= 0.6 is 23.1 Å². The monoisotopic (exact) mass is 350 g/mol. The molecular formula is C16H18N2O3S2. The van der Waals surface area contributed by atoms with Gasteiger partial charge >= 0.3 is 5.97 Å². The lowest BCUT2D eigenvalue weighted by Gasteiger charge is -2.11.